The molecule has 0 heterocycles. The molecule has 0 spiro atoms. The first-order valence-corrected chi connectivity index (χ1v) is 6.95. The Kier molecular flexibility index (Phi) is 4.88. The molecule has 0 saturated heterocycles. The number of benzene rings is 2. The molecule has 3 heteroatoms. The molecule has 0 amide bonds. The standard InChI is InChI=1S/C17H21NO2/c1-3-11-20-16-9-7-15(8-10-16)18-12-14-6-4-5-13(2)17(14)19/h4-10,18-19H,3,11-12H2,1-2H3. The smallest absolute Gasteiger partial charge is 0.123 e. The molecule has 0 aliphatic rings. The summed E-state index contributed by atoms with van der Waals surface area (Å²) in [7, 11) is 0. The Morgan fingerprint density at radius 1 is 1.10 bits per heavy atom. The third-order valence-electron chi connectivity index (χ3n) is 3.13. The summed E-state index contributed by atoms with van der Waals surface area (Å²) in [5.41, 5.74) is 2.80. The minimum Gasteiger partial charge on any atom is -0.507 e. The molecule has 2 rings (SSSR count). The van der Waals surface area contributed by atoms with Gasteiger partial charge in [0.2, 0.25) is 0 Å². The van der Waals surface area contributed by atoms with E-state index in [0.29, 0.717) is 12.3 Å². The van der Waals surface area contributed by atoms with Crippen molar-refractivity contribution in [2.75, 3.05) is 11.9 Å². The number of phenols is 1. The number of para-hydroxylation sites is 1. The highest BCUT2D eigenvalue weighted by molar-refractivity contribution is 5.48. The van der Waals surface area contributed by atoms with Gasteiger partial charge in [-0.3, -0.25) is 0 Å². The van der Waals surface area contributed by atoms with Crippen LogP contribution in [0.4, 0.5) is 5.69 Å². The SMILES string of the molecule is CCCOc1ccc(NCc2cccc(C)c2O)cc1. The van der Waals surface area contributed by atoms with Gasteiger partial charge in [0.1, 0.15) is 11.5 Å². The van der Waals surface area contributed by atoms with Crippen LogP contribution < -0.4 is 10.1 Å². The highest BCUT2D eigenvalue weighted by Gasteiger charge is 2.03. The lowest BCUT2D eigenvalue weighted by molar-refractivity contribution is 0.317. The lowest BCUT2D eigenvalue weighted by Crippen LogP contribution is -2.00. The number of hydrogen-bond donors (Lipinski definition) is 2. The van der Waals surface area contributed by atoms with E-state index in [2.05, 4.69) is 12.2 Å². The molecule has 0 aliphatic heterocycles. The lowest BCUT2D eigenvalue weighted by Gasteiger charge is -2.10. The summed E-state index contributed by atoms with van der Waals surface area (Å²) >= 11 is 0. The van der Waals surface area contributed by atoms with E-state index >= 15 is 0 Å². The molecule has 2 aromatic rings. The molecule has 0 fully saturated rings. The van der Waals surface area contributed by atoms with Crippen molar-refractivity contribution >= 4 is 5.69 Å². The fourth-order valence-corrected chi connectivity index (χ4v) is 1.95. The maximum Gasteiger partial charge on any atom is 0.123 e. The Hall–Kier alpha value is -2.16. The Morgan fingerprint density at radius 2 is 1.85 bits per heavy atom. The summed E-state index contributed by atoms with van der Waals surface area (Å²) in [6.07, 6.45) is 1.01. The van der Waals surface area contributed by atoms with E-state index in [1.807, 2.05) is 49.4 Å². The van der Waals surface area contributed by atoms with Crippen LogP contribution in [0.25, 0.3) is 0 Å². The zero-order valence-corrected chi connectivity index (χ0v) is 12.0. The average Bonchev–Trinajstić information content (AvgIpc) is 2.48. The number of ether oxygens (including phenoxy) is 1. The third kappa shape index (κ3) is 3.67. The van der Waals surface area contributed by atoms with E-state index in [4.69, 9.17) is 4.74 Å². The van der Waals surface area contributed by atoms with Crippen molar-refractivity contribution in [2.45, 2.75) is 26.8 Å². The molecule has 0 saturated carbocycles. The minimum absolute atomic E-state index is 0.364. The highest BCUT2D eigenvalue weighted by atomic mass is 16.5. The molecule has 2 aromatic carbocycles. The van der Waals surface area contributed by atoms with Crippen molar-refractivity contribution in [1.82, 2.24) is 0 Å². The van der Waals surface area contributed by atoms with E-state index in [1.165, 1.54) is 0 Å². The summed E-state index contributed by atoms with van der Waals surface area (Å²) in [5.74, 6) is 1.25. The topological polar surface area (TPSA) is 41.5 Å². The van der Waals surface area contributed by atoms with Crippen LogP contribution in [0.5, 0.6) is 11.5 Å². The van der Waals surface area contributed by atoms with Gasteiger partial charge in [0.05, 0.1) is 6.61 Å². The average molecular weight is 271 g/mol. The van der Waals surface area contributed by atoms with Gasteiger partial charge in [-0.2, -0.15) is 0 Å². The second kappa shape index (κ2) is 6.85. The molecule has 0 atom stereocenters. The molecule has 0 aliphatic carbocycles. The Balaban J connectivity index is 1.95. The quantitative estimate of drug-likeness (QED) is 0.831. The fourth-order valence-electron chi connectivity index (χ4n) is 1.95. The van der Waals surface area contributed by atoms with Gasteiger partial charge < -0.3 is 15.2 Å². The number of phenolic OH excluding ortho intramolecular Hbond substituents is 1. The first-order chi connectivity index (χ1) is 9.70. The van der Waals surface area contributed by atoms with Crippen molar-refractivity contribution in [3.05, 3.63) is 53.6 Å². The molecular formula is C17H21NO2. The summed E-state index contributed by atoms with van der Waals surface area (Å²) in [6.45, 7) is 5.33. The van der Waals surface area contributed by atoms with Gasteiger partial charge in [-0.15, -0.1) is 0 Å². The van der Waals surface area contributed by atoms with Gasteiger partial charge in [-0.05, 0) is 43.2 Å². The van der Waals surface area contributed by atoms with Gasteiger partial charge in [-0.1, -0.05) is 25.1 Å². The van der Waals surface area contributed by atoms with Crippen molar-refractivity contribution in [3.63, 3.8) is 0 Å². The van der Waals surface area contributed by atoms with E-state index in [0.717, 1.165) is 35.6 Å². The van der Waals surface area contributed by atoms with E-state index in [-0.39, 0.29) is 0 Å². The number of aromatic hydroxyl groups is 1. The monoisotopic (exact) mass is 271 g/mol. The molecule has 2 N–H and O–H groups in total. The van der Waals surface area contributed by atoms with Gasteiger partial charge in [0, 0.05) is 17.8 Å². The van der Waals surface area contributed by atoms with E-state index < -0.39 is 0 Å². The minimum atomic E-state index is 0.364. The van der Waals surface area contributed by atoms with E-state index in [9.17, 15) is 5.11 Å². The maximum atomic E-state index is 9.96. The molecule has 3 nitrogen and oxygen atoms in total. The van der Waals surface area contributed by atoms with Crippen LogP contribution in [-0.4, -0.2) is 11.7 Å². The molecule has 20 heavy (non-hydrogen) atoms. The molecule has 0 radical (unpaired) electrons. The molecule has 106 valence electrons. The van der Waals surface area contributed by atoms with E-state index in [1.54, 1.807) is 0 Å². The lowest BCUT2D eigenvalue weighted by atomic mass is 10.1. The molecule has 0 bridgehead atoms. The summed E-state index contributed by atoms with van der Waals surface area (Å²) < 4.78 is 5.54. The largest absolute Gasteiger partial charge is 0.507 e. The first-order valence-electron chi connectivity index (χ1n) is 6.95. The highest BCUT2D eigenvalue weighted by Crippen LogP contribution is 2.23. The Bertz CT molecular complexity index is 549. The van der Waals surface area contributed by atoms with Gasteiger partial charge >= 0.3 is 0 Å². The number of anilines is 1. The molecular weight excluding hydrogens is 250 g/mol. The van der Waals surface area contributed by atoms with Crippen molar-refractivity contribution in [3.8, 4) is 11.5 Å². The van der Waals surface area contributed by atoms with Gasteiger partial charge in [0.25, 0.3) is 0 Å². The fraction of sp³-hybridized carbons (Fsp3) is 0.294. The summed E-state index contributed by atoms with van der Waals surface area (Å²) in [4.78, 5) is 0. The normalized spacial score (nSPS) is 10.3. The third-order valence-corrected chi connectivity index (χ3v) is 3.13. The number of nitrogens with one attached hydrogen (secondary N) is 1. The first kappa shape index (κ1) is 14.3. The maximum absolute atomic E-state index is 9.96. The van der Waals surface area contributed by atoms with Crippen LogP contribution in [-0.2, 0) is 6.54 Å². The predicted octanol–water partition coefficient (Wildman–Crippen LogP) is 4.10. The second-order valence-electron chi connectivity index (χ2n) is 4.81. The van der Waals surface area contributed by atoms with Crippen molar-refractivity contribution < 1.29 is 9.84 Å². The zero-order chi connectivity index (χ0) is 14.4. The van der Waals surface area contributed by atoms with Gasteiger partial charge in [-0.25, -0.2) is 0 Å². The number of rotatable bonds is 6. The molecule has 0 unspecified atom stereocenters. The van der Waals surface area contributed by atoms with Crippen LogP contribution >= 0.6 is 0 Å². The second-order valence-corrected chi connectivity index (χ2v) is 4.81. The number of aryl methyl sites for hydroxylation is 1. The Labute approximate surface area is 120 Å². The van der Waals surface area contributed by atoms with Crippen molar-refractivity contribution in [2.24, 2.45) is 0 Å². The van der Waals surface area contributed by atoms with Crippen LogP contribution in [0.15, 0.2) is 42.5 Å². The van der Waals surface area contributed by atoms with Gasteiger partial charge in [0.15, 0.2) is 0 Å². The van der Waals surface area contributed by atoms with Crippen LogP contribution in [0.3, 0.4) is 0 Å². The van der Waals surface area contributed by atoms with Crippen LogP contribution in [0.1, 0.15) is 24.5 Å². The van der Waals surface area contributed by atoms with Crippen LogP contribution in [0, 0.1) is 6.92 Å². The summed E-state index contributed by atoms with van der Waals surface area (Å²) in [5, 5.41) is 13.3. The zero-order valence-electron chi connectivity index (χ0n) is 12.0. The summed E-state index contributed by atoms with van der Waals surface area (Å²) in [6, 6.07) is 13.7. The van der Waals surface area contributed by atoms with Crippen molar-refractivity contribution in [1.29, 1.82) is 0 Å². The number of hydrogen-bond acceptors (Lipinski definition) is 3. The molecule has 0 aromatic heterocycles. The van der Waals surface area contributed by atoms with Crippen LogP contribution in [0.2, 0.25) is 0 Å². The predicted molar refractivity (Wildman–Crippen MR) is 82.4 cm³/mol. The Morgan fingerprint density at radius 3 is 2.55 bits per heavy atom.